The van der Waals surface area contributed by atoms with Gasteiger partial charge in [-0.3, -0.25) is 0 Å². The fourth-order valence-electron chi connectivity index (χ4n) is 0.588. The normalized spacial score (nSPS) is 10.9. The van der Waals surface area contributed by atoms with E-state index < -0.39 is 6.05 Å². The van der Waals surface area contributed by atoms with Crippen molar-refractivity contribution in [2.45, 2.75) is 6.05 Å². The Kier molecular flexibility index (Phi) is 2.57. The number of rotatable bonds is 2. The SMILES string of the molecule is O=C=NC(F)(F)c1ccc(Cl)s1. The lowest BCUT2D eigenvalue weighted by atomic mass is 10.4. The minimum Gasteiger partial charge on any atom is -0.211 e. The van der Waals surface area contributed by atoms with Crippen LogP contribution in [0.25, 0.3) is 0 Å². The van der Waals surface area contributed by atoms with Crippen LogP contribution in [-0.4, -0.2) is 6.08 Å². The highest BCUT2D eigenvalue weighted by Crippen LogP contribution is 2.35. The Labute approximate surface area is 75.5 Å². The molecule has 0 bridgehead atoms. The van der Waals surface area contributed by atoms with Crippen molar-refractivity contribution in [1.82, 2.24) is 0 Å². The first-order chi connectivity index (χ1) is 5.56. The van der Waals surface area contributed by atoms with Gasteiger partial charge in [-0.15, -0.1) is 16.3 Å². The minimum atomic E-state index is -3.50. The molecule has 0 atom stereocenters. The van der Waals surface area contributed by atoms with Crippen LogP contribution in [0.15, 0.2) is 17.1 Å². The maximum atomic E-state index is 12.7. The molecular formula is C6H2ClF2NOS. The van der Waals surface area contributed by atoms with E-state index in [2.05, 4.69) is 4.99 Å². The lowest BCUT2D eigenvalue weighted by molar-refractivity contribution is 0.0102. The Hall–Kier alpha value is -0.770. The predicted molar refractivity (Wildman–Crippen MR) is 41.3 cm³/mol. The van der Waals surface area contributed by atoms with E-state index in [9.17, 15) is 13.6 Å². The van der Waals surface area contributed by atoms with E-state index in [4.69, 9.17) is 11.6 Å². The molecule has 0 aliphatic heterocycles. The molecule has 0 spiro atoms. The summed E-state index contributed by atoms with van der Waals surface area (Å²) in [6.07, 6.45) is 0.804. The molecule has 1 heterocycles. The number of carbonyl (C=O) groups excluding carboxylic acids is 1. The van der Waals surface area contributed by atoms with E-state index in [1.807, 2.05) is 0 Å². The maximum absolute atomic E-state index is 12.7. The highest BCUT2D eigenvalue weighted by molar-refractivity contribution is 7.16. The molecule has 2 nitrogen and oxygen atoms in total. The molecule has 0 saturated heterocycles. The summed E-state index contributed by atoms with van der Waals surface area (Å²) in [4.78, 5) is 11.6. The van der Waals surface area contributed by atoms with Gasteiger partial charge in [0.2, 0.25) is 6.08 Å². The molecule has 12 heavy (non-hydrogen) atoms. The fraction of sp³-hybridized carbons (Fsp3) is 0.167. The molecule has 0 N–H and O–H groups in total. The van der Waals surface area contributed by atoms with Crippen molar-refractivity contribution in [3.63, 3.8) is 0 Å². The number of halogens is 3. The van der Waals surface area contributed by atoms with E-state index in [0.29, 0.717) is 11.3 Å². The highest BCUT2D eigenvalue weighted by Gasteiger charge is 2.32. The van der Waals surface area contributed by atoms with Crippen LogP contribution in [0.5, 0.6) is 0 Å². The quantitative estimate of drug-likeness (QED) is 0.418. The summed E-state index contributed by atoms with van der Waals surface area (Å²) < 4.78 is 25.6. The monoisotopic (exact) mass is 209 g/mol. The second-order valence-electron chi connectivity index (χ2n) is 1.85. The number of thiophene rings is 1. The van der Waals surface area contributed by atoms with Crippen LogP contribution in [0.3, 0.4) is 0 Å². The van der Waals surface area contributed by atoms with Crippen LogP contribution >= 0.6 is 22.9 Å². The summed E-state index contributed by atoms with van der Waals surface area (Å²) in [6, 6.07) is -1.07. The van der Waals surface area contributed by atoms with E-state index >= 15 is 0 Å². The molecule has 6 heteroatoms. The van der Waals surface area contributed by atoms with Gasteiger partial charge in [-0.2, -0.15) is 8.78 Å². The molecule has 0 aliphatic carbocycles. The first-order valence-electron chi connectivity index (χ1n) is 2.79. The standard InChI is InChI=1S/C6H2ClF2NOS/c7-5-2-1-4(12-5)6(8,9)10-3-11/h1-2H. The summed E-state index contributed by atoms with van der Waals surface area (Å²) in [5, 5.41) is 0. The third-order valence-corrected chi connectivity index (χ3v) is 2.35. The first-order valence-corrected chi connectivity index (χ1v) is 3.98. The van der Waals surface area contributed by atoms with E-state index in [0.717, 1.165) is 12.1 Å². The van der Waals surface area contributed by atoms with Gasteiger partial charge in [0.15, 0.2) is 0 Å². The largest absolute Gasteiger partial charge is 0.388 e. The molecule has 64 valence electrons. The average Bonchev–Trinajstić information content (AvgIpc) is 2.36. The van der Waals surface area contributed by atoms with Crippen molar-refractivity contribution < 1.29 is 13.6 Å². The molecule has 0 amide bonds. The smallest absolute Gasteiger partial charge is 0.211 e. The lowest BCUT2D eigenvalue weighted by Gasteiger charge is -2.03. The lowest BCUT2D eigenvalue weighted by Crippen LogP contribution is -2.06. The number of alkyl halides is 2. The second kappa shape index (κ2) is 3.31. The molecule has 1 aromatic rings. The van der Waals surface area contributed by atoms with Gasteiger partial charge in [0, 0.05) is 0 Å². The van der Waals surface area contributed by atoms with Crippen LogP contribution in [-0.2, 0) is 10.8 Å². The van der Waals surface area contributed by atoms with Crippen LogP contribution in [0.4, 0.5) is 8.78 Å². The van der Waals surface area contributed by atoms with Gasteiger partial charge in [-0.1, -0.05) is 11.6 Å². The zero-order chi connectivity index (χ0) is 9.19. The maximum Gasteiger partial charge on any atom is 0.388 e. The van der Waals surface area contributed by atoms with Gasteiger partial charge in [0.25, 0.3) is 0 Å². The van der Waals surface area contributed by atoms with E-state index in [-0.39, 0.29) is 9.21 Å². The molecule has 0 aromatic carbocycles. The van der Waals surface area contributed by atoms with Crippen molar-refractivity contribution in [3.05, 3.63) is 21.3 Å². The van der Waals surface area contributed by atoms with Gasteiger partial charge in [0.05, 0.1) is 9.21 Å². The number of nitrogens with zero attached hydrogens (tertiary/aromatic N) is 1. The third kappa shape index (κ3) is 1.88. The Bertz CT molecular complexity index is 332. The van der Waals surface area contributed by atoms with Crippen LogP contribution in [0.2, 0.25) is 4.34 Å². The van der Waals surface area contributed by atoms with Gasteiger partial charge >= 0.3 is 6.05 Å². The zero-order valence-corrected chi connectivity index (χ0v) is 7.12. The van der Waals surface area contributed by atoms with Crippen molar-refractivity contribution in [1.29, 1.82) is 0 Å². The van der Waals surface area contributed by atoms with E-state index in [1.54, 1.807) is 0 Å². The van der Waals surface area contributed by atoms with Crippen LogP contribution in [0.1, 0.15) is 4.88 Å². The molecule has 0 radical (unpaired) electrons. The Morgan fingerprint density at radius 3 is 2.67 bits per heavy atom. The molecule has 0 fully saturated rings. The van der Waals surface area contributed by atoms with Crippen LogP contribution < -0.4 is 0 Å². The summed E-state index contributed by atoms with van der Waals surface area (Å²) in [6.45, 7) is 0. The molecule has 0 saturated carbocycles. The average molecular weight is 210 g/mol. The Morgan fingerprint density at radius 1 is 1.58 bits per heavy atom. The van der Waals surface area contributed by atoms with E-state index in [1.165, 1.54) is 6.07 Å². The number of aliphatic imine (C=N–C) groups is 1. The first kappa shape index (κ1) is 9.32. The zero-order valence-electron chi connectivity index (χ0n) is 5.55. The molecular weight excluding hydrogens is 208 g/mol. The summed E-state index contributed by atoms with van der Waals surface area (Å²) in [5.41, 5.74) is 0. The van der Waals surface area contributed by atoms with Crippen molar-refractivity contribution >= 4 is 29.0 Å². The van der Waals surface area contributed by atoms with Crippen molar-refractivity contribution in [2.24, 2.45) is 4.99 Å². The Balaban J connectivity index is 3.04. The molecule has 1 rings (SSSR count). The van der Waals surface area contributed by atoms with Gasteiger partial charge in [-0.25, -0.2) is 4.79 Å². The van der Waals surface area contributed by atoms with Gasteiger partial charge in [0.1, 0.15) is 0 Å². The molecule has 0 aliphatic rings. The topological polar surface area (TPSA) is 29.4 Å². The molecule has 1 aromatic heterocycles. The summed E-state index contributed by atoms with van der Waals surface area (Å²) >= 11 is 6.09. The summed E-state index contributed by atoms with van der Waals surface area (Å²) in [5.74, 6) is 0. The van der Waals surface area contributed by atoms with Gasteiger partial charge < -0.3 is 0 Å². The van der Waals surface area contributed by atoms with Crippen molar-refractivity contribution in [3.8, 4) is 0 Å². The number of hydrogen-bond donors (Lipinski definition) is 0. The minimum absolute atomic E-state index is 0.228. The van der Waals surface area contributed by atoms with Gasteiger partial charge in [-0.05, 0) is 12.1 Å². The summed E-state index contributed by atoms with van der Waals surface area (Å²) in [7, 11) is 0. The highest BCUT2D eigenvalue weighted by atomic mass is 35.5. The third-order valence-electron chi connectivity index (χ3n) is 1.06. The second-order valence-corrected chi connectivity index (χ2v) is 3.56. The van der Waals surface area contributed by atoms with Crippen LogP contribution in [0, 0.1) is 0 Å². The number of hydrogen-bond acceptors (Lipinski definition) is 3. The fourth-order valence-corrected chi connectivity index (χ4v) is 1.55. The number of isocyanates is 1. The Morgan fingerprint density at radius 2 is 2.25 bits per heavy atom. The van der Waals surface area contributed by atoms with Crippen molar-refractivity contribution in [2.75, 3.05) is 0 Å². The molecule has 0 unspecified atom stereocenters. The predicted octanol–water partition coefficient (Wildman–Crippen LogP) is 2.79.